The molecule has 6 heteroatoms. The monoisotopic (exact) mass is 376 g/mol. The van der Waals surface area contributed by atoms with Gasteiger partial charge in [0, 0.05) is 16.7 Å². The maximum atomic E-state index is 12.4. The molecule has 3 fully saturated rings. The first kappa shape index (κ1) is 19.0. The number of ketones is 2. The molecule has 6 nitrogen and oxygen atoms in total. The molecule has 27 heavy (non-hydrogen) atoms. The van der Waals surface area contributed by atoms with Crippen molar-refractivity contribution in [3.63, 3.8) is 0 Å². The highest BCUT2D eigenvalue weighted by Gasteiger charge is 2.71. The summed E-state index contributed by atoms with van der Waals surface area (Å²) in [7, 11) is 0. The van der Waals surface area contributed by atoms with E-state index in [9.17, 15) is 30.0 Å². The van der Waals surface area contributed by atoms with Crippen molar-refractivity contribution >= 4 is 11.6 Å². The smallest absolute Gasteiger partial charge is 0.192 e. The molecule has 0 heterocycles. The van der Waals surface area contributed by atoms with Crippen LogP contribution in [-0.2, 0) is 9.59 Å². The number of aliphatic hydroxyl groups is 4. The fourth-order valence-corrected chi connectivity index (χ4v) is 6.96. The lowest BCUT2D eigenvalue weighted by atomic mass is 9.46. The van der Waals surface area contributed by atoms with Crippen LogP contribution in [0, 0.1) is 28.6 Å². The van der Waals surface area contributed by atoms with E-state index in [1.54, 1.807) is 19.1 Å². The molecule has 0 bridgehead atoms. The second kappa shape index (κ2) is 5.83. The average Bonchev–Trinajstić information content (AvgIpc) is 2.82. The predicted octanol–water partition coefficient (Wildman–Crippen LogP) is 0.528. The zero-order chi connectivity index (χ0) is 19.8. The maximum Gasteiger partial charge on any atom is 0.192 e. The minimum atomic E-state index is -2.05. The second-order valence-electron chi connectivity index (χ2n) is 9.31. The van der Waals surface area contributed by atoms with Crippen molar-refractivity contribution < 1.29 is 30.0 Å². The van der Waals surface area contributed by atoms with E-state index in [1.807, 2.05) is 13.0 Å². The van der Waals surface area contributed by atoms with E-state index in [-0.39, 0.29) is 36.4 Å². The Morgan fingerprint density at radius 3 is 2.67 bits per heavy atom. The molecule has 4 rings (SSSR count). The van der Waals surface area contributed by atoms with Crippen LogP contribution in [0.5, 0.6) is 0 Å². The Kier molecular flexibility index (Phi) is 4.10. The van der Waals surface area contributed by atoms with Gasteiger partial charge in [0.05, 0.1) is 12.2 Å². The van der Waals surface area contributed by atoms with Gasteiger partial charge in [-0.05, 0) is 49.7 Å². The van der Waals surface area contributed by atoms with Crippen molar-refractivity contribution in [3.8, 4) is 0 Å². The van der Waals surface area contributed by atoms with Gasteiger partial charge in [-0.15, -0.1) is 0 Å². The standard InChI is InChI=1S/C21H28O6/c1-19-6-5-12(23)7-11(19)3-4-13-14-8-16(25)21(27,17(26)10-22)20(14,2)9-15(24)18(13)19/h5-7,13-16,18,22,24-25,27H,3-4,8-10H2,1-2H3/t13-,14?,15?,16+,18?,19-,20-,21-/m0/s1. The van der Waals surface area contributed by atoms with Crippen LogP contribution >= 0.6 is 0 Å². The molecule has 3 unspecified atom stereocenters. The number of hydrogen-bond acceptors (Lipinski definition) is 6. The number of aliphatic hydroxyl groups excluding tert-OH is 3. The Morgan fingerprint density at radius 2 is 2.00 bits per heavy atom. The summed E-state index contributed by atoms with van der Waals surface area (Å²) in [5, 5.41) is 42.3. The number of Topliss-reactive ketones (excluding diaryl/α,β-unsaturated/α-hetero) is 1. The van der Waals surface area contributed by atoms with Gasteiger partial charge in [0.1, 0.15) is 6.61 Å². The van der Waals surface area contributed by atoms with Gasteiger partial charge in [0.25, 0.3) is 0 Å². The molecule has 4 N–H and O–H groups in total. The Labute approximate surface area is 158 Å². The van der Waals surface area contributed by atoms with Gasteiger partial charge in [0.15, 0.2) is 17.2 Å². The Morgan fingerprint density at radius 1 is 1.30 bits per heavy atom. The zero-order valence-corrected chi connectivity index (χ0v) is 15.8. The number of carbonyl (C=O) groups is 2. The minimum absolute atomic E-state index is 0.00826. The normalized spacial score (nSPS) is 51.3. The van der Waals surface area contributed by atoms with Crippen LogP contribution in [0.2, 0.25) is 0 Å². The van der Waals surface area contributed by atoms with Gasteiger partial charge in [-0.3, -0.25) is 9.59 Å². The second-order valence-corrected chi connectivity index (χ2v) is 9.31. The van der Waals surface area contributed by atoms with Crippen molar-refractivity contribution in [2.45, 2.75) is 57.3 Å². The van der Waals surface area contributed by atoms with E-state index in [0.29, 0.717) is 0 Å². The first-order valence-corrected chi connectivity index (χ1v) is 9.76. The molecular formula is C21H28O6. The Bertz CT molecular complexity index is 756. The van der Waals surface area contributed by atoms with E-state index >= 15 is 0 Å². The van der Waals surface area contributed by atoms with Gasteiger partial charge >= 0.3 is 0 Å². The van der Waals surface area contributed by atoms with Crippen molar-refractivity contribution in [2.75, 3.05) is 6.61 Å². The highest BCUT2D eigenvalue weighted by Crippen LogP contribution is 2.67. The molecule has 0 aromatic heterocycles. The van der Waals surface area contributed by atoms with E-state index in [1.165, 1.54) is 0 Å². The van der Waals surface area contributed by atoms with Gasteiger partial charge < -0.3 is 20.4 Å². The molecule has 3 saturated carbocycles. The van der Waals surface area contributed by atoms with Crippen molar-refractivity contribution in [3.05, 3.63) is 23.8 Å². The average molecular weight is 376 g/mol. The fraction of sp³-hybridized carbons (Fsp3) is 0.714. The van der Waals surface area contributed by atoms with Gasteiger partial charge in [-0.2, -0.15) is 0 Å². The largest absolute Gasteiger partial charge is 0.393 e. The SMILES string of the molecule is C[C@]12C=CC(=O)C=C1CC[C@@H]1C2C(O)C[C@@]2(C)C1C[C@@H](O)[C@]2(O)C(=O)CO. The van der Waals surface area contributed by atoms with E-state index < -0.39 is 41.0 Å². The molecule has 0 aliphatic heterocycles. The third-order valence-corrected chi connectivity index (χ3v) is 8.28. The first-order valence-electron chi connectivity index (χ1n) is 9.76. The zero-order valence-electron chi connectivity index (χ0n) is 15.8. The van der Waals surface area contributed by atoms with Gasteiger partial charge in [-0.25, -0.2) is 0 Å². The Balaban J connectivity index is 1.78. The van der Waals surface area contributed by atoms with E-state index in [4.69, 9.17) is 0 Å². The lowest BCUT2D eigenvalue weighted by Crippen LogP contribution is -2.63. The summed E-state index contributed by atoms with van der Waals surface area (Å²) in [4.78, 5) is 24.2. The topological polar surface area (TPSA) is 115 Å². The summed E-state index contributed by atoms with van der Waals surface area (Å²) in [5.74, 6) is -1.09. The van der Waals surface area contributed by atoms with Crippen molar-refractivity contribution in [1.82, 2.24) is 0 Å². The van der Waals surface area contributed by atoms with E-state index in [2.05, 4.69) is 0 Å². The minimum Gasteiger partial charge on any atom is -0.393 e. The number of rotatable bonds is 2. The van der Waals surface area contributed by atoms with Gasteiger partial charge in [-0.1, -0.05) is 25.5 Å². The summed E-state index contributed by atoms with van der Waals surface area (Å²) in [6, 6.07) is 0. The predicted molar refractivity (Wildman–Crippen MR) is 96.4 cm³/mol. The summed E-state index contributed by atoms with van der Waals surface area (Å²) in [6.45, 7) is 2.96. The molecule has 0 saturated heterocycles. The fourth-order valence-electron chi connectivity index (χ4n) is 6.96. The summed E-state index contributed by atoms with van der Waals surface area (Å²) in [5.41, 5.74) is -2.46. The molecule has 0 spiro atoms. The third kappa shape index (κ3) is 2.21. The number of allylic oxidation sites excluding steroid dienone is 4. The number of hydrogen-bond donors (Lipinski definition) is 4. The number of carbonyl (C=O) groups excluding carboxylic acids is 2. The summed E-state index contributed by atoms with van der Waals surface area (Å²) >= 11 is 0. The molecule has 8 atom stereocenters. The van der Waals surface area contributed by atoms with Crippen LogP contribution in [0.1, 0.15) is 39.5 Å². The molecule has 148 valence electrons. The first-order chi connectivity index (χ1) is 12.6. The van der Waals surface area contributed by atoms with E-state index in [0.717, 1.165) is 18.4 Å². The lowest BCUT2D eigenvalue weighted by molar-refractivity contribution is -0.190. The molecule has 4 aliphatic carbocycles. The summed E-state index contributed by atoms with van der Waals surface area (Å²) in [6.07, 6.45) is 4.97. The van der Waals surface area contributed by atoms with Crippen LogP contribution in [0.25, 0.3) is 0 Å². The molecular weight excluding hydrogens is 348 g/mol. The molecule has 0 aromatic carbocycles. The van der Waals surface area contributed by atoms with Crippen LogP contribution in [0.15, 0.2) is 23.8 Å². The third-order valence-electron chi connectivity index (χ3n) is 8.28. The van der Waals surface area contributed by atoms with Gasteiger partial charge in [0.2, 0.25) is 0 Å². The maximum absolute atomic E-state index is 12.4. The van der Waals surface area contributed by atoms with Crippen molar-refractivity contribution in [2.24, 2.45) is 28.6 Å². The van der Waals surface area contributed by atoms with Crippen LogP contribution in [-0.4, -0.2) is 56.4 Å². The van der Waals surface area contributed by atoms with Crippen LogP contribution < -0.4 is 0 Å². The summed E-state index contributed by atoms with van der Waals surface area (Å²) < 4.78 is 0. The Hall–Kier alpha value is -1.34. The quantitative estimate of drug-likeness (QED) is 0.559. The van der Waals surface area contributed by atoms with Crippen LogP contribution in [0.3, 0.4) is 0 Å². The lowest BCUT2D eigenvalue weighted by Gasteiger charge is -2.59. The molecule has 0 radical (unpaired) electrons. The highest BCUT2D eigenvalue weighted by atomic mass is 16.4. The highest BCUT2D eigenvalue weighted by molar-refractivity contribution is 6.01. The number of fused-ring (bicyclic) bond motifs is 5. The van der Waals surface area contributed by atoms with Crippen LogP contribution in [0.4, 0.5) is 0 Å². The molecule has 0 amide bonds. The molecule has 4 aliphatic rings. The molecule has 0 aromatic rings. The van der Waals surface area contributed by atoms with Crippen molar-refractivity contribution in [1.29, 1.82) is 0 Å².